The molecule has 0 atom stereocenters. The largest absolute Gasteiger partial charge is 0.491 e. The smallest absolute Gasteiger partial charge is 0.119 e. The van der Waals surface area contributed by atoms with E-state index in [2.05, 4.69) is 6.07 Å². The van der Waals surface area contributed by atoms with E-state index < -0.39 is 0 Å². The minimum absolute atomic E-state index is 0.131. The number of nitrogens with zero attached hydrogens (tertiary/aromatic N) is 1. The molecular formula is C13H17NO2. The number of hydrogen-bond donors (Lipinski definition) is 0. The van der Waals surface area contributed by atoms with Crippen molar-refractivity contribution in [1.29, 1.82) is 5.26 Å². The number of hydrogen-bond acceptors (Lipinski definition) is 3. The van der Waals surface area contributed by atoms with Crippen LogP contribution < -0.4 is 4.74 Å². The van der Waals surface area contributed by atoms with Gasteiger partial charge in [-0.3, -0.25) is 0 Å². The van der Waals surface area contributed by atoms with Crippen molar-refractivity contribution in [1.82, 2.24) is 0 Å². The van der Waals surface area contributed by atoms with Crippen molar-refractivity contribution < 1.29 is 9.47 Å². The van der Waals surface area contributed by atoms with Crippen LogP contribution in [0.15, 0.2) is 24.3 Å². The maximum Gasteiger partial charge on any atom is 0.119 e. The van der Waals surface area contributed by atoms with Gasteiger partial charge in [-0.2, -0.15) is 5.26 Å². The minimum Gasteiger partial charge on any atom is -0.491 e. The van der Waals surface area contributed by atoms with Crippen molar-refractivity contribution in [2.24, 2.45) is 0 Å². The average molecular weight is 219 g/mol. The summed E-state index contributed by atoms with van der Waals surface area (Å²) in [5.41, 5.74) is 0.506. The summed E-state index contributed by atoms with van der Waals surface area (Å²) >= 11 is 0. The Morgan fingerprint density at radius 2 is 1.75 bits per heavy atom. The fourth-order valence-electron chi connectivity index (χ4n) is 1.13. The molecule has 0 saturated heterocycles. The van der Waals surface area contributed by atoms with Crippen molar-refractivity contribution >= 4 is 0 Å². The molecule has 0 aromatic heterocycles. The fourth-order valence-corrected chi connectivity index (χ4v) is 1.13. The van der Waals surface area contributed by atoms with Crippen LogP contribution in [0.4, 0.5) is 0 Å². The van der Waals surface area contributed by atoms with Crippen molar-refractivity contribution in [2.75, 3.05) is 13.2 Å². The molecule has 0 radical (unpaired) electrons. The zero-order chi connectivity index (χ0) is 12.0. The molecule has 1 rings (SSSR count). The Hall–Kier alpha value is -1.53. The summed E-state index contributed by atoms with van der Waals surface area (Å²) < 4.78 is 11.0. The highest BCUT2D eigenvalue weighted by atomic mass is 16.5. The van der Waals surface area contributed by atoms with E-state index in [0.29, 0.717) is 18.8 Å². The molecule has 86 valence electrons. The molecule has 0 unspecified atom stereocenters. The first-order valence-corrected chi connectivity index (χ1v) is 5.28. The molecular weight excluding hydrogens is 202 g/mol. The van der Waals surface area contributed by atoms with Gasteiger partial charge in [0, 0.05) is 0 Å². The molecule has 0 aliphatic carbocycles. The Bertz CT molecular complexity index is 357. The topological polar surface area (TPSA) is 42.2 Å². The predicted molar refractivity (Wildman–Crippen MR) is 62.4 cm³/mol. The summed E-state index contributed by atoms with van der Waals surface area (Å²) in [4.78, 5) is 0. The molecule has 0 N–H and O–H groups in total. The highest BCUT2D eigenvalue weighted by Gasteiger charge is 2.09. The van der Waals surface area contributed by atoms with Gasteiger partial charge in [-0.05, 0) is 45.0 Å². The quantitative estimate of drug-likeness (QED) is 0.731. The second-order valence-electron chi connectivity index (χ2n) is 4.45. The normalized spacial score (nSPS) is 10.9. The number of benzene rings is 1. The molecule has 0 fully saturated rings. The van der Waals surface area contributed by atoms with Crippen molar-refractivity contribution in [3.05, 3.63) is 29.8 Å². The Morgan fingerprint density at radius 3 is 2.25 bits per heavy atom. The van der Waals surface area contributed by atoms with Crippen molar-refractivity contribution in [2.45, 2.75) is 26.4 Å². The van der Waals surface area contributed by atoms with Gasteiger partial charge in [-0.15, -0.1) is 0 Å². The van der Waals surface area contributed by atoms with E-state index in [0.717, 1.165) is 5.75 Å². The molecule has 1 aromatic carbocycles. The first kappa shape index (κ1) is 12.5. The molecule has 1 aromatic rings. The molecule has 0 saturated carbocycles. The third-order valence-electron chi connectivity index (χ3n) is 1.87. The molecule has 3 nitrogen and oxygen atoms in total. The number of ether oxygens (including phenoxy) is 2. The molecule has 0 heterocycles. The molecule has 0 bridgehead atoms. The second-order valence-corrected chi connectivity index (χ2v) is 4.45. The Balaban J connectivity index is 2.30. The van der Waals surface area contributed by atoms with Gasteiger partial charge in [0.2, 0.25) is 0 Å². The SMILES string of the molecule is CC(C)(C)OCCOc1ccc(C#N)cc1. The fraction of sp³-hybridized carbons (Fsp3) is 0.462. The first-order chi connectivity index (χ1) is 7.51. The van der Waals surface area contributed by atoms with Crippen LogP contribution in [0.2, 0.25) is 0 Å². The lowest BCUT2D eigenvalue weighted by atomic mass is 10.2. The average Bonchev–Trinajstić information content (AvgIpc) is 2.24. The summed E-state index contributed by atoms with van der Waals surface area (Å²) in [5, 5.41) is 8.62. The van der Waals surface area contributed by atoms with Crippen LogP contribution in [-0.4, -0.2) is 18.8 Å². The summed E-state index contributed by atoms with van der Waals surface area (Å²) in [7, 11) is 0. The minimum atomic E-state index is -0.131. The zero-order valence-electron chi connectivity index (χ0n) is 9.99. The van der Waals surface area contributed by atoms with E-state index in [4.69, 9.17) is 14.7 Å². The van der Waals surface area contributed by atoms with Crippen LogP contribution in [0.25, 0.3) is 0 Å². The maximum atomic E-state index is 8.62. The van der Waals surface area contributed by atoms with Gasteiger partial charge in [0.15, 0.2) is 0 Å². The summed E-state index contributed by atoms with van der Waals surface area (Å²) in [6.45, 7) is 7.10. The van der Waals surface area contributed by atoms with Crippen molar-refractivity contribution in [3.63, 3.8) is 0 Å². The molecule has 0 aliphatic heterocycles. The van der Waals surface area contributed by atoms with Crippen molar-refractivity contribution in [3.8, 4) is 11.8 Å². The van der Waals surface area contributed by atoms with E-state index in [-0.39, 0.29) is 5.60 Å². The number of nitriles is 1. The second kappa shape index (κ2) is 5.53. The highest BCUT2D eigenvalue weighted by Crippen LogP contribution is 2.12. The van der Waals surface area contributed by atoms with Gasteiger partial charge in [0.25, 0.3) is 0 Å². The van der Waals surface area contributed by atoms with E-state index in [1.807, 2.05) is 20.8 Å². The molecule has 0 aliphatic rings. The van der Waals surface area contributed by atoms with Gasteiger partial charge in [-0.1, -0.05) is 0 Å². The highest BCUT2D eigenvalue weighted by molar-refractivity contribution is 5.34. The van der Waals surface area contributed by atoms with Gasteiger partial charge in [0.1, 0.15) is 12.4 Å². The van der Waals surface area contributed by atoms with Crippen LogP contribution in [0.1, 0.15) is 26.3 Å². The summed E-state index contributed by atoms with van der Waals surface area (Å²) in [5.74, 6) is 0.761. The Kier molecular flexibility index (Phi) is 4.33. The first-order valence-electron chi connectivity index (χ1n) is 5.28. The van der Waals surface area contributed by atoms with Crippen LogP contribution in [0, 0.1) is 11.3 Å². The van der Waals surface area contributed by atoms with E-state index >= 15 is 0 Å². The maximum absolute atomic E-state index is 8.62. The molecule has 0 amide bonds. The van der Waals surface area contributed by atoms with Gasteiger partial charge in [-0.25, -0.2) is 0 Å². The number of rotatable bonds is 4. The van der Waals surface area contributed by atoms with Crippen LogP contribution in [0.5, 0.6) is 5.75 Å². The van der Waals surface area contributed by atoms with E-state index in [9.17, 15) is 0 Å². The standard InChI is InChI=1S/C13H17NO2/c1-13(2,3)16-9-8-15-12-6-4-11(10-14)5-7-12/h4-7H,8-9H2,1-3H3. The predicted octanol–water partition coefficient (Wildman–Crippen LogP) is 2.75. The third kappa shape index (κ3) is 4.81. The lowest BCUT2D eigenvalue weighted by Gasteiger charge is -2.19. The lowest BCUT2D eigenvalue weighted by molar-refractivity contribution is -0.0163. The van der Waals surface area contributed by atoms with Gasteiger partial charge >= 0.3 is 0 Å². The van der Waals surface area contributed by atoms with Crippen LogP contribution >= 0.6 is 0 Å². The Labute approximate surface area is 96.6 Å². The Morgan fingerprint density at radius 1 is 1.12 bits per heavy atom. The van der Waals surface area contributed by atoms with Gasteiger partial charge in [0.05, 0.1) is 23.8 Å². The third-order valence-corrected chi connectivity index (χ3v) is 1.87. The van der Waals surface area contributed by atoms with E-state index in [1.54, 1.807) is 24.3 Å². The summed E-state index contributed by atoms with van der Waals surface area (Å²) in [6, 6.07) is 9.11. The monoisotopic (exact) mass is 219 g/mol. The van der Waals surface area contributed by atoms with E-state index in [1.165, 1.54) is 0 Å². The molecule has 16 heavy (non-hydrogen) atoms. The zero-order valence-corrected chi connectivity index (χ0v) is 9.99. The molecule has 3 heteroatoms. The summed E-state index contributed by atoms with van der Waals surface area (Å²) in [6.07, 6.45) is 0. The van der Waals surface area contributed by atoms with Crippen LogP contribution in [-0.2, 0) is 4.74 Å². The van der Waals surface area contributed by atoms with Crippen LogP contribution in [0.3, 0.4) is 0 Å². The molecule has 0 spiro atoms. The van der Waals surface area contributed by atoms with Gasteiger partial charge < -0.3 is 9.47 Å². The lowest BCUT2D eigenvalue weighted by Crippen LogP contribution is -2.22.